The maximum absolute atomic E-state index is 6.20. The van der Waals surface area contributed by atoms with Crippen LogP contribution in [0, 0.1) is 0 Å². The first-order chi connectivity index (χ1) is 34.2. The second kappa shape index (κ2) is 16.7. The van der Waals surface area contributed by atoms with E-state index in [9.17, 15) is 0 Å². The number of hydrogen-bond acceptors (Lipinski definition) is 2. The molecule has 0 fully saturated rings. The molecule has 0 saturated heterocycles. The summed E-state index contributed by atoms with van der Waals surface area (Å²) in [5.74, 6) is 0. The third kappa shape index (κ3) is 6.72. The predicted molar refractivity (Wildman–Crippen MR) is 287 cm³/mol. The smallest absolute Gasteiger partial charge is 0.135 e. The Bertz CT molecular complexity index is 3780. The van der Waals surface area contributed by atoms with Crippen molar-refractivity contribution in [3.63, 3.8) is 0 Å². The fourth-order valence-corrected chi connectivity index (χ4v) is 11.1. The second-order valence-corrected chi connectivity index (χ2v) is 18.0. The van der Waals surface area contributed by atoms with Gasteiger partial charge in [-0.1, -0.05) is 224 Å². The number of rotatable bonds is 9. The fourth-order valence-electron chi connectivity index (χ4n) is 11.1. The fraction of sp³-hybridized carbons (Fsp3) is 0.0149. The van der Waals surface area contributed by atoms with Crippen molar-refractivity contribution >= 4 is 39.0 Å². The lowest BCUT2D eigenvalue weighted by Crippen LogP contribution is -2.28. The van der Waals surface area contributed by atoms with Gasteiger partial charge in [-0.15, -0.1) is 0 Å². The molecular formula is C67H45NO. The molecule has 0 spiro atoms. The molecule has 1 aliphatic carbocycles. The Balaban J connectivity index is 0.974. The molecular weight excluding hydrogens is 835 g/mol. The molecule has 0 bridgehead atoms. The summed E-state index contributed by atoms with van der Waals surface area (Å²) in [4.78, 5) is 2.43. The van der Waals surface area contributed by atoms with E-state index < -0.39 is 5.41 Å². The van der Waals surface area contributed by atoms with Crippen molar-refractivity contribution in [3.8, 4) is 55.6 Å². The van der Waals surface area contributed by atoms with Gasteiger partial charge in [0.15, 0.2) is 0 Å². The summed E-state index contributed by atoms with van der Waals surface area (Å²) >= 11 is 0. The Morgan fingerprint density at radius 3 is 1.58 bits per heavy atom. The highest BCUT2D eigenvalue weighted by molar-refractivity contribution is 6.06. The molecule has 2 heteroatoms. The Morgan fingerprint density at radius 1 is 0.290 bits per heavy atom. The van der Waals surface area contributed by atoms with Crippen LogP contribution in [0.25, 0.3) is 77.6 Å². The zero-order valence-electron chi connectivity index (χ0n) is 37.8. The zero-order chi connectivity index (χ0) is 45.7. The minimum atomic E-state index is -0.486. The molecule has 0 unspecified atom stereocenters. The van der Waals surface area contributed by atoms with Crippen LogP contribution >= 0.6 is 0 Å². The number of para-hydroxylation sites is 2. The Hall–Kier alpha value is -8.98. The van der Waals surface area contributed by atoms with Gasteiger partial charge in [0.25, 0.3) is 0 Å². The molecule has 0 N–H and O–H groups in total. The average Bonchev–Trinajstić information content (AvgIpc) is 3.96. The van der Waals surface area contributed by atoms with Gasteiger partial charge in [-0.2, -0.15) is 0 Å². The average molecular weight is 880 g/mol. The third-order valence-electron chi connectivity index (χ3n) is 14.2. The summed E-state index contributed by atoms with van der Waals surface area (Å²) in [6.07, 6.45) is 0. The highest BCUT2D eigenvalue weighted by Crippen LogP contribution is 2.58. The predicted octanol–water partition coefficient (Wildman–Crippen LogP) is 18.1. The molecule has 12 aromatic rings. The van der Waals surface area contributed by atoms with E-state index in [4.69, 9.17) is 4.42 Å². The minimum Gasteiger partial charge on any atom is -0.456 e. The van der Waals surface area contributed by atoms with Crippen molar-refractivity contribution in [2.75, 3.05) is 4.90 Å². The highest BCUT2D eigenvalue weighted by Gasteiger charge is 2.46. The van der Waals surface area contributed by atoms with Gasteiger partial charge in [-0.05, 0) is 121 Å². The van der Waals surface area contributed by atoms with E-state index in [1.807, 2.05) is 12.1 Å². The van der Waals surface area contributed by atoms with Gasteiger partial charge in [-0.25, -0.2) is 0 Å². The van der Waals surface area contributed by atoms with Crippen molar-refractivity contribution in [1.82, 2.24) is 0 Å². The maximum Gasteiger partial charge on any atom is 0.135 e. The molecule has 2 nitrogen and oxygen atoms in total. The van der Waals surface area contributed by atoms with Crippen molar-refractivity contribution < 1.29 is 4.42 Å². The van der Waals surface area contributed by atoms with E-state index in [-0.39, 0.29) is 0 Å². The van der Waals surface area contributed by atoms with Gasteiger partial charge in [0, 0.05) is 27.7 Å². The van der Waals surface area contributed by atoms with Crippen LogP contribution in [-0.4, -0.2) is 0 Å². The molecule has 1 heterocycles. The maximum atomic E-state index is 6.20. The normalized spacial score (nSPS) is 12.5. The molecule has 0 atom stereocenters. The molecule has 1 aliphatic rings. The van der Waals surface area contributed by atoms with Gasteiger partial charge in [0.05, 0.1) is 11.1 Å². The van der Waals surface area contributed by atoms with Crippen LogP contribution in [0.3, 0.4) is 0 Å². The van der Waals surface area contributed by atoms with Gasteiger partial charge >= 0.3 is 0 Å². The van der Waals surface area contributed by atoms with E-state index in [2.05, 4.69) is 266 Å². The van der Waals surface area contributed by atoms with Crippen molar-refractivity contribution in [1.29, 1.82) is 0 Å². The monoisotopic (exact) mass is 879 g/mol. The Labute approximate surface area is 402 Å². The van der Waals surface area contributed by atoms with Crippen LogP contribution in [0.1, 0.15) is 22.3 Å². The molecule has 1 aromatic heterocycles. The van der Waals surface area contributed by atoms with E-state index in [1.165, 1.54) is 50.1 Å². The lowest BCUT2D eigenvalue weighted by molar-refractivity contribution is 0.669. The van der Waals surface area contributed by atoms with Crippen LogP contribution < -0.4 is 4.90 Å². The van der Waals surface area contributed by atoms with E-state index >= 15 is 0 Å². The molecule has 324 valence electrons. The first-order valence-electron chi connectivity index (χ1n) is 23.7. The van der Waals surface area contributed by atoms with Gasteiger partial charge < -0.3 is 9.32 Å². The Kier molecular flexibility index (Phi) is 9.77. The summed E-state index contributed by atoms with van der Waals surface area (Å²) in [5.41, 5.74) is 21.5. The van der Waals surface area contributed by atoms with E-state index in [1.54, 1.807) is 0 Å². The standard InChI is InChI=1S/C67H45NO/c1-4-18-46(19-5-1)47-34-36-49(37-35-47)56-26-11-14-32-63(56)68(54-41-38-48(39-42-54)50-40-43-65-60(45-50)58-27-12-15-33-64(58)69-65)55-25-16-20-51(44-55)57-29-17-31-62-66(57)59-28-10-13-30-61(59)67(62,52-21-6-2-7-22-52)53-23-8-3-9-24-53/h1-45H. The number of anilines is 3. The largest absolute Gasteiger partial charge is 0.456 e. The summed E-state index contributed by atoms with van der Waals surface area (Å²) in [5, 5.41) is 2.25. The molecule has 11 aromatic carbocycles. The summed E-state index contributed by atoms with van der Waals surface area (Å²) in [6, 6.07) is 99.3. The SMILES string of the molecule is c1ccc(-c2ccc(-c3ccccc3N(c3ccc(-c4ccc5oc6ccccc6c5c4)cc3)c3cccc(-c4cccc5c4-c4ccccc4C5(c4ccccc4)c4ccccc4)c3)cc2)cc1. The second-order valence-electron chi connectivity index (χ2n) is 18.0. The molecule has 0 aliphatic heterocycles. The summed E-state index contributed by atoms with van der Waals surface area (Å²) < 4.78 is 6.20. The molecule has 69 heavy (non-hydrogen) atoms. The number of fused-ring (bicyclic) bond motifs is 6. The van der Waals surface area contributed by atoms with Crippen LogP contribution in [0.5, 0.6) is 0 Å². The number of furan rings is 1. The minimum absolute atomic E-state index is 0.486. The molecule has 0 saturated carbocycles. The quantitative estimate of drug-likeness (QED) is 0.144. The third-order valence-corrected chi connectivity index (χ3v) is 14.2. The van der Waals surface area contributed by atoms with Crippen molar-refractivity contribution in [2.24, 2.45) is 0 Å². The lowest BCUT2D eigenvalue weighted by Gasteiger charge is -2.34. The van der Waals surface area contributed by atoms with Crippen molar-refractivity contribution in [2.45, 2.75) is 5.41 Å². The summed E-state index contributed by atoms with van der Waals surface area (Å²) in [7, 11) is 0. The first-order valence-corrected chi connectivity index (χ1v) is 23.7. The summed E-state index contributed by atoms with van der Waals surface area (Å²) in [6.45, 7) is 0. The van der Waals surface area contributed by atoms with Crippen molar-refractivity contribution in [3.05, 3.63) is 295 Å². The van der Waals surface area contributed by atoms with E-state index in [0.29, 0.717) is 0 Å². The van der Waals surface area contributed by atoms with Gasteiger partial charge in [0.1, 0.15) is 11.2 Å². The van der Waals surface area contributed by atoms with Gasteiger partial charge in [0.2, 0.25) is 0 Å². The topological polar surface area (TPSA) is 16.4 Å². The Morgan fingerprint density at radius 2 is 0.812 bits per heavy atom. The molecule has 0 radical (unpaired) electrons. The van der Waals surface area contributed by atoms with Gasteiger partial charge in [-0.3, -0.25) is 0 Å². The van der Waals surface area contributed by atoms with E-state index in [0.717, 1.165) is 66.8 Å². The molecule has 13 rings (SSSR count). The lowest BCUT2D eigenvalue weighted by atomic mass is 9.67. The first kappa shape index (κ1) is 40.3. The van der Waals surface area contributed by atoms with Crippen LogP contribution in [0.2, 0.25) is 0 Å². The van der Waals surface area contributed by atoms with Crippen LogP contribution in [0.4, 0.5) is 17.1 Å². The molecule has 0 amide bonds. The number of nitrogens with zero attached hydrogens (tertiary/aromatic N) is 1. The highest BCUT2D eigenvalue weighted by atomic mass is 16.3. The van der Waals surface area contributed by atoms with Crippen LogP contribution in [-0.2, 0) is 5.41 Å². The number of hydrogen-bond donors (Lipinski definition) is 0. The number of benzene rings is 11. The van der Waals surface area contributed by atoms with Crippen LogP contribution in [0.15, 0.2) is 277 Å². The zero-order valence-corrected chi connectivity index (χ0v) is 37.8.